The molecule has 0 saturated carbocycles. The summed E-state index contributed by atoms with van der Waals surface area (Å²) in [6, 6.07) is 4.30. The molecule has 0 radical (unpaired) electrons. The molecule has 1 heterocycles. The van der Waals surface area contributed by atoms with Gasteiger partial charge in [0.2, 0.25) is 0 Å². The number of ether oxygens (including phenoxy) is 1. The van der Waals surface area contributed by atoms with Crippen LogP contribution in [-0.2, 0) is 22.5 Å². The van der Waals surface area contributed by atoms with Crippen molar-refractivity contribution in [1.29, 1.82) is 0 Å². The maximum absolute atomic E-state index is 11.3. The average Bonchev–Trinajstić information content (AvgIpc) is 2.97. The molecular formula is C16H27N3O2S. The first kappa shape index (κ1) is 18.5. The maximum atomic E-state index is 11.3. The molecule has 0 saturated heterocycles. The number of carbonyl (C=O) groups is 1. The lowest BCUT2D eigenvalue weighted by atomic mass is 10.3. The Morgan fingerprint density at radius 3 is 2.64 bits per heavy atom. The van der Waals surface area contributed by atoms with Crippen molar-refractivity contribution in [2.45, 2.75) is 46.6 Å². The van der Waals surface area contributed by atoms with Crippen LogP contribution in [0.15, 0.2) is 17.1 Å². The number of nitrogens with zero attached hydrogens (tertiary/aromatic N) is 1. The molecule has 0 atom stereocenters. The zero-order chi connectivity index (χ0) is 16.2. The van der Waals surface area contributed by atoms with Crippen LogP contribution in [0.2, 0.25) is 0 Å². The highest BCUT2D eigenvalue weighted by Crippen LogP contribution is 2.17. The molecule has 0 aromatic carbocycles. The van der Waals surface area contributed by atoms with Crippen LogP contribution < -0.4 is 10.6 Å². The van der Waals surface area contributed by atoms with Gasteiger partial charge in [-0.3, -0.25) is 4.79 Å². The predicted octanol–water partition coefficient (Wildman–Crippen LogP) is 2.71. The molecule has 124 valence electrons. The lowest BCUT2D eigenvalue weighted by Gasteiger charge is -2.10. The quantitative estimate of drug-likeness (QED) is 0.317. The number of hydrogen-bond acceptors (Lipinski definition) is 4. The second kappa shape index (κ2) is 11.1. The number of guanidine groups is 1. The van der Waals surface area contributed by atoms with Crippen molar-refractivity contribution < 1.29 is 9.53 Å². The average molecular weight is 325 g/mol. The minimum Gasteiger partial charge on any atom is -0.466 e. The van der Waals surface area contributed by atoms with Gasteiger partial charge in [-0.2, -0.15) is 0 Å². The van der Waals surface area contributed by atoms with E-state index in [-0.39, 0.29) is 5.97 Å². The Bertz CT molecular complexity index is 472. The Morgan fingerprint density at radius 2 is 2.00 bits per heavy atom. The third-order valence-electron chi connectivity index (χ3n) is 2.96. The van der Waals surface area contributed by atoms with E-state index in [4.69, 9.17) is 4.74 Å². The Morgan fingerprint density at radius 1 is 1.23 bits per heavy atom. The summed E-state index contributed by atoms with van der Waals surface area (Å²) < 4.78 is 4.90. The van der Waals surface area contributed by atoms with Crippen LogP contribution in [0.25, 0.3) is 0 Å². The van der Waals surface area contributed by atoms with E-state index in [0.717, 1.165) is 25.3 Å². The summed E-state index contributed by atoms with van der Waals surface area (Å²) in [5, 5.41) is 6.46. The number of rotatable bonds is 9. The maximum Gasteiger partial charge on any atom is 0.305 e. The fraction of sp³-hybridized carbons (Fsp3) is 0.625. The van der Waals surface area contributed by atoms with Crippen molar-refractivity contribution in [3.05, 3.63) is 21.9 Å². The number of aliphatic imine (C=N–C) groups is 1. The van der Waals surface area contributed by atoms with E-state index in [9.17, 15) is 4.79 Å². The molecule has 0 amide bonds. The van der Waals surface area contributed by atoms with Crippen molar-refractivity contribution in [2.24, 2.45) is 4.99 Å². The number of hydrogen-bond donors (Lipinski definition) is 2. The van der Waals surface area contributed by atoms with E-state index in [1.807, 2.05) is 13.8 Å². The van der Waals surface area contributed by atoms with Gasteiger partial charge in [0, 0.05) is 29.3 Å². The molecule has 6 heteroatoms. The molecule has 5 nitrogen and oxygen atoms in total. The van der Waals surface area contributed by atoms with Gasteiger partial charge in [0.25, 0.3) is 0 Å². The van der Waals surface area contributed by atoms with Gasteiger partial charge in [-0.25, -0.2) is 4.99 Å². The second-order valence-corrected chi connectivity index (χ2v) is 6.00. The van der Waals surface area contributed by atoms with Crippen molar-refractivity contribution >= 4 is 23.3 Å². The number of esters is 1. The van der Waals surface area contributed by atoms with Gasteiger partial charge in [-0.1, -0.05) is 6.92 Å². The zero-order valence-electron chi connectivity index (χ0n) is 13.8. The Labute approximate surface area is 137 Å². The first-order valence-corrected chi connectivity index (χ1v) is 8.76. The Balaban J connectivity index is 2.36. The molecule has 2 N–H and O–H groups in total. The van der Waals surface area contributed by atoms with Gasteiger partial charge in [-0.05, 0) is 38.8 Å². The molecule has 0 bridgehead atoms. The summed E-state index contributed by atoms with van der Waals surface area (Å²) >= 11 is 1.81. The van der Waals surface area contributed by atoms with Gasteiger partial charge < -0.3 is 15.4 Å². The highest BCUT2D eigenvalue weighted by molar-refractivity contribution is 7.11. The highest BCUT2D eigenvalue weighted by atomic mass is 32.1. The molecule has 0 spiro atoms. The zero-order valence-corrected chi connectivity index (χ0v) is 14.6. The van der Waals surface area contributed by atoms with Gasteiger partial charge in [0.1, 0.15) is 0 Å². The molecule has 1 aromatic heterocycles. The van der Waals surface area contributed by atoms with Crippen LogP contribution in [0.3, 0.4) is 0 Å². The van der Waals surface area contributed by atoms with Gasteiger partial charge in [-0.15, -0.1) is 11.3 Å². The van der Waals surface area contributed by atoms with Gasteiger partial charge in [0.15, 0.2) is 5.96 Å². The molecule has 0 aliphatic carbocycles. The SMILES string of the molecule is CCNC(=NCc1ccc(CC)s1)NCCCC(=O)OCC. The molecule has 0 aliphatic heterocycles. The van der Waals surface area contributed by atoms with Crippen LogP contribution in [0.1, 0.15) is 43.4 Å². The topological polar surface area (TPSA) is 62.7 Å². The van der Waals surface area contributed by atoms with E-state index in [2.05, 4.69) is 34.7 Å². The summed E-state index contributed by atoms with van der Waals surface area (Å²) in [5.74, 6) is 0.648. The Hall–Kier alpha value is -1.56. The fourth-order valence-electron chi connectivity index (χ4n) is 1.87. The summed E-state index contributed by atoms with van der Waals surface area (Å²) in [6.45, 7) is 8.66. The summed E-state index contributed by atoms with van der Waals surface area (Å²) in [5.41, 5.74) is 0. The predicted molar refractivity (Wildman–Crippen MR) is 92.4 cm³/mol. The smallest absolute Gasteiger partial charge is 0.305 e. The van der Waals surface area contributed by atoms with Crippen LogP contribution in [0.4, 0.5) is 0 Å². The van der Waals surface area contributed by atoms with Crippen molar-refractivity contribution in [3.63, 3.8) is 0 Å². The number of aryl methyl sites for hydroxylation is 1. The first-order chi connectivity index (χ1) is 10.7. The lowest BCUT2D eigenvalue weighted by Crippen LogP contribution is -2.37. The van der Waals surface area contributed by atoms with E-state index >= 15 is 0 Å². The van der Waals surface area contributed by atoms with E-state index in [1.165, 1.54) is 9.75 Å². The van der Waals surface area contributed by atoms with Crippen LogP contribution in [0, 0.1) is 0 Å². The van der Waals surface area contributed by atoms with Crippen LogP contribution in [0.5, 0.6) is 0 Å². The molecule has 22 heavy (non-hydrogen) atoms. The second-order valence-electron chi connectivity index (χ2n) is 4.75. The molecule has 0 unspecified atom stereocenters. The lowest BCUT2D eigenvalue weighted by molar-refractivity contribution is -0.143. The molecular weight excluding hydrogens is 298 g/mol. The molecule has 0 fully saturated rings. The van der Waals surface area contributed by atoms with Gasteiger partial charge >= 0.3 is 5.97 Å². The van der Waals surface area contributed by atoms with Crippen molar-refractivity contribution in [2.75, 3.05) is 19.7 Å². The number of carbonyl (C=O) groups excluding carboxylic acids is 1. The van der Waals surface area contributed by atoms with Crippen LogP contribution in [-0.4, -0.2) is 31.6 Å². The standard InChI is InChI=1S/C16H27N3O2S/c1-4-13-9-10-14(22-13)12-19-16(17-5-2)18-11-7-8-15(20)21-6-3/h9-10H,4-8,11-12H2,1-3H3,(H2,17,18,19). The van der Waals surface area contributed by atoms with E-state index in [0.29, 0.717) is 26.1 Å². The summed E-state index contributed by atoms with van der Waals surface area (Å²) in [7, 11) is 0. The molecule has 1 rings (SSSR count). The van der Waals surface area contributed by atoms with Crippen LogP contribution >= 0.6 is 11.3 Å². The normalized spacial score (nSPS) is 11.3. The third-order valence-corrected chi connectivity index (χ3v) is 4.17. The van der Waals surface area contributed by atoms with Crippen molar-refractivity contribution in [3.8, 4) is 0 Å². The number of nitrogens with one attached hydrogen (secondary N) is 2. The number of thiophene rings is 1. The van der Waals surface area contributed by atoms with E-state index in [1.54, 1.807) is 11.3 Å². The van der Waals surface area contributed by atoms with Crippen molar-refractivity contribution in [1.82, 2.24) is 10.6 Å². The van der Waals surface area contributed by atoms with E-state index < -0.39 is 0 Å². The molecule has 1 aromatic rings. The monoisotopic (exact) mass is 325 g/mol. The first-order valence-electron chi connectivity index (χ1n) is 7.94. The largest absolute Gasteiger partial charge is 0.466 e. The third kappa shape index (κ3) is 7.45. The minimum absolute atomic E-state index is 0.142. The Kier molecular flexibility index (Phi) is 9.30. The minimum atomic E-state index is -0.142. The highest BCUT2D eigenvalue weighted by Gasteiger charge is 2.03. The fourth-order valence-corrected chi connectivity index (χ4v) is 2.75. The van der Waals surface area contributed by atoms with Gasteiger partial charge in [0.05, 0.1) is 13.2 Å². The molecule has 0 aliphatic rings. The summed E-state index contributed by atoms with van der Waals surface area (Å²) in [4.78, 5) is 18.5. The summed E-state index contributed by atoms with van der Waals surface area (Å²) in [6.07, 6.45) is 2.24.